The van der Waals surface area contributed by atoms with Crippen LogP contribution in [0.1, 0.15) is 0 Å². The molecular formula is C54H35NS. The van der Waals surface area contributed by atoms with Gasteiger partial charge in [-0.3, -0.25) is 0 Å². The van der Waals surface area contributed by atoms with Gasteiger partial charge < -0.3 is 4.90 Å². The second kappa shape index (κ2) is 13.4. The molecule has 11 aromatic rings. The lowest BCUT2D eigenvalue weighted by Crippen LogP contribution is -2.09. The highest BCUT2D eigenvalue weighted by atomic mass is 32.1. The fourth-order valence-electron chi connectivity index (χ4n) is 8.56. The Morgan fingerprint density at radius 3 is 1.59 bits per heavy atom. The van der Waals surface area contributed by atoms with Gasteiger partial charge in [0, 0.05) is 37.2 Å². The predicted molar refractivity (Wildman–Crippen MR) is 243 cm³/mol. The molecule has 0 saturated carbocycles. The van der Waals surface area contributed by atoms with Crippen LogP contribution in [0.2, 0.25) is 0 Å². The Kier molecular flexibility index (Phi) is 7.75. The average molecular weight is 730 g/mol. The first-order chi connectivity index (χ1) is 27.8. The van der Waals surface area contributed by atoms with Crippen molar-refractivity contribution >= 4 is 80.9 Å². The van der Waals surface area contributed by atoms with Gasteiger partial charge in [0.2, 0.25) is 0 Å². The Hall–Kier alpha value is -7.00. The summed E-state index contributed by atoms with van der Waals surface area (Å²) < 4.78 is 2.64. The molecule has 0 saturated heterocycles. The van der Waals surface area contributed by atoms with E-state index in [0.717, 1.165) is 17.1 Å². The van der Waals surface area contributed by atoms with Gasteiger partial charge in [-0.15, -0.1) is 11.3 Å². The molecule has 0 unspecified atom stereocenters. The molecule has 0 fully saturated rings. The van der Waals surface area contributed by atoms with Gasteiger partial charge in [-0.1, -0.05) is 170 Å². The van der Waals surface area contributed by atoms with E-state index in [9.17, 15) is 0 Å². The molecule has 1 aromatic heterocycles. The van der Waals surface area contributed by atoms with Crippen molar-refractivity contribution in [2.75, 3.05) is 4.90 Å². The molecule has 2 heteroatoms. The summed E-state index contributed by atoms with van der Waals surface area (Å²) in [5.74, 6) is 0. The summed E-state index contributed by atoms with van der Waals surface area (Å²) in [7, 11) is 0. The number of nitrogens with zero attached hydrogens (tertiary/aromatic N) is 1. The van der Waals surface area contributed by atoms with Crippen LogP contribution in [0.4, 0.5) is 17.1 Å². The summed E-state index contributed by atoms with van der Waals surface area (Å²) in [6.45, 7) is 0. The maximum absolute atomic E-state index is 2.40. The summed E-state index contributed by atoms with van der Waals surface area (Å²) in [4.78, 5) is 2.40. The normalized spacial score (nSPS) is 11.6. The Labute approximate surface area is 330 Å². The van der Waals surface area contributed by atoms with Crippen molar-refractivity contribution in [3.05, 3.63) is 212 Å². The first-order valence-corrected chi connectivity index (χ1v) is 20.0. The summed E-state index contributed by atoms with van der Waals surface area (Å²) >= 11 is 1.88. The third-order valence-electron chi connectivity index (χ3n) is 11.3. The van der Waals surface area contributed by atoms with Crippen LogP contribution < -0.4 is 4.90 Å². The Morgan fingerprint density at radius 1 is 0.304 bits per heavy atom. The fraction of sp³-hybridized carbons (Fsp3) is 0. The zero-order chi connectivity index (χ0) is 37.0. The number of thiophene rings is 1. The van der Waals surface area contributed by atoms with Gasteiger partial charge >= 0.3 is 0 Å². The second-order valence-electron chi connectivity index (χ2n) is 14.5. The van der Waals surface area contributed by atoms with Crippen molar-refractivity contribution in [1.29, 1.82) is 0 Å². The quantitative estimate of drug-likeness (QED) is 0.165. The van der Waals surface area contributed by atoms with E-state index < -0.39 is 0 Å². The molecule has 56 heavy (non-hydrogen) atoms. The van der Waals surface area contributed by atoms with E-state index in [4.69, 9.17) is 0 Å². The topological polar surface area (TPSA) is 3.24 Å². The van der Waals surface area contributed by atoms with Crippen LogP contribution in [0, 0.1) is 0 Å². The molecule has 0 aliphatic rings. The molecule has 0 atom stereocenters. The Balaban J connectivity index is 1.06. The third-order valence-corrected chi connectivity index (χ3v) is 12.5. The average Bonchev–Trinajstić information content (AvgIpc) is 3.65. The molecule has 1 nitrogen and oxygen atoms in total. The Morgan fingerprint density at radius 2 is 0.857 bits per heavy atom. The lowest BCUT2D eigenvalue weighted by molar-refractivity contribution is 1.29. The number of fused-ring (bicyclic) bond motifs is 7. The monoisotopic (exact) mass is 729 g/mol. The van der Waals surface area contributed by atoms with E-state index in [0.29, 0.717) is 0 Å². The first-order valence-electron chi connectivity index (χ1n) is 19.2. The van der Waals surface area contributed by atoms with E-state index in [2.05, 4.69) is 217 Å². The molecule has 0 amide bonds. The van der Waals surface area contributed by atoms with Gasteiger partial charge in [0.15, 0.2) is 0 Å². The zero-order valence-corrected chi connectivity index (χ0v) is 31.4. The van der Waals surface area contributed by atoms with Crippen LogP contribution in [-0.2, 0) is 0 Å². The molecular weight excluding hydrogens is 695 g/mol. The van der Waals surface area contributed by atoms with Crippen LogP contribution in [-0.4, -0.2) is 0 Å². The fourth-order valence-corrected chi connectivity index (χ4v) is 9.78. The summed E-state index contributed by atoms with van der Waals surface area (Å²) in [5.41, 5.74) is 10.7. The van der Waals surface area contributed by atoms with Crippen molar-refractivity contribution < 1.29 is 0 Å². The summed E-state index contributed by atoms with van der Waals surface area (Å²) in [6.07, 6.45) is 0. The molecule has 262 valence electrons. The Bertz CT molecular complexity index is 3230. The van der Waals surface area contributed by atoms with Gasteiger partial charge in [0.1, 0.15) is 0 Å². The van der Waals surface area contributed by atoms with Crippen LogP contribution in [0.3, 0.4) is 0 Å². The maximum Gasteiger partial charge on any atom is 0.0468 e. The molecule has 0 aliphatic carbocycles. The highest BCUT2D eigenvalue weighted by Gasteiger charge is 2.18. The molecule has 0 aliphatic heterocycles. The molecule has 10 aromatic carbocycles. The van der Waals surface area contributed by atoms with E-state index in [1.165, 1.54) is 85.9 Å². The van der Waals surface area contributed by atoms with E-state index in [1.807, 2.05) is 11.3 Å². The zero-order valence-electron chi connectivity index (χ0n) is 30.6. The van der Waals surface area contributed by atoms with E-state index >= 15 is 0 Å². The molecule has 0 radical (unpaired) electrons. The van der Waals surface area contributed by atoms with Crippen LogP contribution in [0.15, 0.2) is 212 Å². The number of rotatable bonds is 6. The number of anilines is 3. The molecule has 11 rings (SSSR count). The minimum Gasteiger partial charge on any atom is -0.310 e. The van der Waals surface area contributed by atoms with Crippen molar-refractivity contribution in [3.63, 3.8) is 0 Å². The second-order valence-corrected chi connectivity index (χ2v) is 15.5. The minimum absolute atomic E-state index is 1.11. The van der Waals surface area contributed by atoms with Gasteiger partial charge in [0.05, 0.1) is 0 Å². The van der Waals surface area contributed by atoms with Crippen LogP contribution in [0.5, 0.6) is 0 Å². The number of hydrogen-bond acceptors (Lipinski definition) is 2. The largest absolute Gasteiger partial charge is 0.310 e. The van der Waals surface area contributed by atoms with Gasteiger partial charge in [-0.25, -0.2) is 0 Å². The van der Waals surface area contributed by atoms with Crippen molar-refractivity contribution in [1.82, 2.24) is 0 Å². The molecule has 0 bridgehead atoms. The summed E-state index contributed by atoms with van der Waals surface area (Å²) in [5, 5.41) is 10.2. The van der Waals surface area contributed by atoms with Crippen molar-refractivity contribution in [2.24, 2.45) is 0 Å². The van der Waals surface area contributed by atoms with Crippen LogP contribution in [0.25, 0.3) is 85.9 Å². The molecule has 1 heterocycles. The first kappa shape index (κ1) is 32.4. The predicted octanol–water partition coefficient (Wildman–Crippen LogP) is 16.0. The lowest BCUT2D eigenvalue weighted by Gasteiger charge is -2.26. The molecule has 0 spiro atoms. The molecule has 0 N–H and O–H groups in total. The van der Waals surface area contributed by atoms with Gasteiger partial charge in [-0.05, 0) is 108 Å². The van der Waals surface area contributed by atoms with Crippen molar-refractivity contribution in [3.8, 4) is 33.4 Å². The number of benzene rings is 10. The van der Waals surface area contributed by atoms with Crippen molar-refractivity contribution in [2.45, 2.75) is 0 Å². The van der Waals surface area contributed by atoms with Gasteiger partial charge in [-0.2, -0.15) is 0 Å². The number of hydrogen-bond donors (Lipinski definition) is 0. The van der Waals surface area contributed by atoms with Crippen LogP contribution >= 0.6 is 11.3 Å². The maximum atomic E-state index is 2.40. The third kappa shape index (κ3) is 5.46. The minimum atomic E-state index is 1.11. The van der Waals surface area contributed by atoms with E-state index in [1.54, 1.807) is 0 Å². The smallest absolute Gasteiger partial charge is 0.0468 e. The van der Waals surface area contributed by atoms with E-state index in [-0.39, 0.29) is 0 Å². The highest BCUT2D eigenvalue weighted by molar-refractivity contribution is 7.26. The van der Waals surface area contributed by atoms with Gasteiger partial charge in [0.25, 0.3) is 0 Å². The standard InChI is InChI=1S/C54H35NS/c1-2-14-41(15-3-1)53-47-18-8-5-12-37(47)25-32-48(53)40-23-29-43(30-24-40)55(42-27-21-39(22-28-42)46-20-10-16-36-11-4-7-17-45(36)46)44-31-34-52-51(35-44)50-33-26-38-13-6-9-19-49(38)54(50)56-52/h1-35H. The SMILES string of the molecule is c1ccc(-c2c(-c3ccc(N(c4ccc(-c5cccc6ccccc56)cc4)c4ccc5sc6c7ccccc7ccc6c5c4)cc3)ccc3ccccc23)cc1. The summed E-state index contributed by atoms with van der Waals surface area (Å²) in [6, 6.07) is 77.7. The highest BCUT2D eigenvalue weighted by Crippen LogP contribution is 2.44. The lowest BCUT2D eigenvalue weighted by atomic mass is 9.90.